The maximum absolute atomic E-state index is 13.8. The molecule has 2 aromatic rings. The number of likely N-dealkylation sites (tertiary alicyclic amines) is 1. The lowest BCUT2D eigenvalue weighted by Gasteiger charge is -2.26. The van der Waals surface area contributed by atoms with Crippen molar-refractivity contribution in [3.05, 3.63) is 124 Å². The number of carboxylic acid groups (broad SMARTS) is 1. The number of allylic oxidation sites excluding steroid dienone is 6. The Balaban J connectivity index is 1.57. The van der Waals surface area contributed by atoms with Gasteiger partial charge < -0.3 is 25.4 Å². The molecule has 1 aliphatic heterocycles. The zero-order chi connectivity index (χ0) is 30.9. The summed E-state index contributed by atoms with van der Waals surface area (Å²) in [6.45, 7) is 4.63. The van der Waals surface area contributed by atoms with Crippen molar-refractivity contribution in [1.82, 2.24) is 10.2 Å². The minimum atomic E-state index is -0.992. The molecule has 2 aromatic carbocycles. The minimum absolute atomic E-state index is 0.0164. The number of urea groups is 1. The van der Waals surface area contributed by atoms with Crippen LogP contribution in [0.15, 0.2) is 102 Å². The van der Waals surface area contributed by atoms with Gasteiger partial charge in [-0.05, 0) is 84.2 Å². The zero-order valence-electron chi connectivity index (χ0n) is 23.7. The molecule has 0 bridgehead atoms. The van der Waals surface area contributed by atoms with Gasteiger partial charge in [0, 0.05) is 40.3 Å². The molecular weight excluding hydrogens is 589 g/mol. The molecule has 1 fully saturated rings. The van der Waals surface area contributed by atoms with Crippen molar-refractivity contribution in [3.8, 4) is 0 Å². The summed E-state index contributed by atoms with van der Waals surface area (Å²) < 4.78 is 5.38. The molecule has 1 saturated heterocycles. The first kappa shape index (κ1) is 31.7. The van der Waals surface area contributed by atoms with Gasteiger partial charge in [0.1, 0.15) is 5.76 Å². The molecule has 43 heavy (non-hydrogen) atoms. The molecule has 0 aromatic heterocycles. The van der Waals surface area contributed by atoms with E-state index in [1.54, 1.807) is 42.3 Å². The lowest BCUT2D eigenvalue weighted by atomic mass is 9.92. The van der Waals surface area contributed by atoms with E-state index in [4.69, 9.17) is 33.0 Å². The van der Waals surface area contributed by atoms with Crippen LogP contribution in [0, 0.1) is 0 Å². The first-order valence-electron chi connectivity index (χ1n) is 13.8. The van der Waals surface area contributed by atoms with Gasteiger partial charge >= 0.3 is 12.0 Å². The predicted molar refractivity (Wildman–Crippen MR) is 170 cm³/mol. The highest BCUT2D eigenvalue weighted by Crippen LogP contribution is 2.38. The van der Waals surface area contributed by atoms with Crippen molar-refractivity contribution in [2.75, 3.05) is 25.5 Å². The van der Waals surface area contributed by atoms with E-state index in [0.717, 1.165) is 22.5 Å². The first-order valence-corrected chi connectivity index (χ1v) is 14.5. The van der Waals surface area contributed by atoms with Crippen LogP contribution in [-0.2, 0) is 9.53 Å². The molecule has 8 nitrogen and oxygen atoms in total. The van der Waals surface area contributed by atoms with E-state index in [0.29, 0.717) is 40.7 Å². The SMILES string of the molecule is C=C1/C=C\C(OC)=C/C/C=C\C([C@H]2C[C@@H](c3cc(Cl)cc(Cl)c3)CN2C(=O)Nc2ccc(C(=O)NCCC(=O)O)cc2)=C/1. The minimum Gasteiger partial charge on any atom is -0.497 e. The second-order valence-corrected chi connectivity index (χ2v) is 11.1. The summed E-state index contributed by atoms with van der Waals surface area (Å²) in [4.78, 5) is 38.6. The summed E-state index contributed by atoms with van der Waals surface area (Å²) in [5.41, 5.74) is 3.51. The van der Waals surface area contributed by atoms with Gasteiger partial charge in [-0.2, -0.15) is 0 Å². The molecule has 2 atom stereocenters. The Morgan fingerprint density at radius 3 is 2.47 bits per heavy atom. The number of ether oxygens (including phenoxy) is 1. The predicted octanol–water partition coefficient (Wildman–Crippen LogP) is 7.12. The van der Waals surface area contributed by atoms with Gasteiger partial charge in [0.15, 0.2) is 0 Å². The molecule has 0 unspecified atom stereocenters. The van der Waals surface area contributed by atoms with Crippen molar-refractivity contribution >= 4 is 46.8 Å². The first-order chi connectivity index (χ1) is 20.6. The van der Waals surface area contributed by atoms with Crippen LogP contribution in [0.25, 0.3) is 0 Å². The molecule has 0 spiro atoms. The third-order valence-corrected chi connectivity index (χ3v) is 7.58. The fourth-order valence-electron chi connectivity index (χ4n) is 5.03. The highest BCUT2D eigenvalue weighted by Gasteiger charge is 2.37. The summed E-state index contributed by atoms with van der Waals surface area (Å²) in [5, 5.41) is 15.4. The number of aliphatic carboxylic acids is 1. The smallest absolute Gasteiger partial charge is 0.322 e. The Kier molecular flexibility index (Phi) is 10.9. The molecule has 3 N–H and O–H groups in total. The van der Waals surface area contributed by atoms with Crippen molar-refractivity contribution in [2.24, 2.45) is 0 Å². The normalized spacial score (nSPS) is 22.4. The summed E-state index contributed by atoms with van der Waals surface area (Å²) in [5.74, 6) is -0.657. The topological polar surface area (TPSA) is 108 Å². The van der Waals surface area contributed by atoms with E-state index in [1.807, 2.05) is 48.6 Å². The molecule has 3 amide bonds. The van der Waals surface area contributed by atoms with Gasteiger partial charge in [-0.3, -0.25) is 9.59 Å². The van der Waals surface area contributed by atoms with Gasteiger partial charge in [0.05, 0.1) is 19.6 Å². The van der Waals surface area contributed by atoms with Crippen molar-refractivity contribution in [2.45, 2.75) is 31.2 Å². The third-order valence-electron chi connectivity index (χ3n) is 7.14. The van der Waals surface area contributed by atoms with Crippen LogP contribution < -0.4 is 10.6 Å². The van der Waals surface area contributed by atoms with Crippen LogP contribution in [0.3, 0.4) is 0 Å². The van der Waals surface area contributed by atoms with E-state index < -0.39 is 11.9 Å². The zero-order valence-corrected chi connectivity index (χ0v) is 25.2. The number of carboxylic acids is 1. The molecule has 224 valence electrons. The Bertz CT molecular complexity index is 1490. The number of amides is 3. The highest BCUT2D eigenvalue weighted by molar-refractivity contribution is 6.34. The maximum Gasteiger partial charge on any atom is 0.322 e. The summed E-state index contributed by atoms with van der Waals surface area (Å²) >= 11 is 12.6. The number of benzene rings is 2. The van der Waals surface area contributed by atoms with Gasteiger partial charge in [-0.25, -0.2) is 4.79 Å². The molecular formula is C33H33Cl2N3O5. The van der Waals surface area contributed by atoms with E-state index in [9.17, 15) is 14.4 Å². The van der Waals surface area contributed by atoms with Crippen molar-refractivity contribution in [1.29, 1.82) is 0 Å². The number of rotatable bonds is 8. The van der Waals surface area contributed by atoms with Crippen LogP contribution in [-0.4, -0.2) is 54.2 Å². The molecule has 2 aliphatic rings. The number of nitrogens with zero attached hydrogens (tertiary/aromatic N) is 1. The van der Waals surface area contributed by atoms with Gasteiger partial charge in [0.25, 0.3) is 5.91 Å². The fraction of sp³-hybridized carbons (Fsp3) is 0.242. The molecule has 0 saturated carbocycles. The van der Waals surface area contributed by atoms with E-state index in [-0.39, 0.29) is 31.0 Å². The van der Waals surface area contributed by atoms with Crippen LogP contribution >= 0.6 is 23.2 Å². The Morgan fingerprint density at radius 1 is 1.07 bits per heavy atom. The number of methoxy groups -OCH3 is 1. The summed E-state index contributed by atoms with van der Waals surface area (Å²) in [6.07, 6.45) is 12.9. The van der Waals surface area contributed by atoms with E-state index >= 15 is 0 Å². The van der Waals surface area contributed by atoms with Crippen molar-refractivity contribution in [3.63, 3.8) is 0 Å². The summed E-state index contributed by atoms with van der Waals surface area (Å²) in [7, 11) is 1.62. The molecule has 1 heterocycles. The van der Waals surface area contributed by atoms with Crippen LogP contribution in [0.2, 0.25) is 10.0 Å². The highest BCUT2D eigenvalue weighted by atomic mass is 35.5. The van der Waals surface area contributed by atoms with E-state index in [1.165, 1.54) is 0 Å². The average molecular weight is 623 g/mol. The standard InChI is InChI=1S/C33H33Cl2N3O5/c1-21-7-12-29(43-2)6-4-3-5-23(15-21)30-18-25(24-16-26(34)19-27(35)17-24)20-38(30)33(42)37-28-10-8-22(9-11-28)32(41)36-14-13-31(39)40/h3,5-12,15-17,19,25,30H,1,4,13-14,18,20H2,2H3,(H,36,41)(H,37,42)(H,39,40)/b5-3-,12-7-,23-15+,29-6+/t25-,30-/m1/s1. The van der Waals surface area contributed by atoms with E-state index in [2.05, 4.69) is 17.2 Å². The Morgan fingerprint density at radius 2 is 1.79 bits per heavy atom. The van der Waals surface area contributed by atoms with Crippen molar-refractivity contribution < 1.29 is 24.2 Å². The number of halogens is 2. The third kappa shape index (κ3) is 8.86. The van der Waals surface area contributed by atoms with Crippen LogP contribution in [0.5, 0.6) is 0 Å². The lowest BCUT2D eigenvalue weighted by molar-refractivity contribution is -0.136. The second-order valence-electron chi connectivity index (χ2n) is 10.2. The average Bonchev–Trinajstić information content (AvgIpc) is 3.42. The number of nitrogens with one attached hydrogen (secondary N) is 2. The number of hydrogen-bond donors (Lipinski definition) is 3. The summed E-state index contributed by atoms with van der Waals surface area (Å²) in [6, 6.07) is 11.3. The quantitative estimate of drug-likeness (QED) is 0.291. The number of carbonyl (C=O) groups is 3. The fourth-order valence-corrected chi connectivity index (χ4v) is 5.57. The molecule has 10 heteroatoms. The van der Waals surface area contributed by atoms with Crippen LogP contribution in [0.1, 0.15) is 41.1 Å². The maximum atomic E-state index is 13.8. The lowest BCUT2D eigenvalue weighted by Crippen LogP contribution is -2.39. The van der Waals surface area contributed by atoms with Gasteiger partial charge in [0.2, 0.25) is 0 Å². The number of anilines is 1. The largest absolute Gasteiger partial charge is 0.497 e. The monoisotopic (exact) mass is 621 g/mol. The Labute approximate surface area is 261 Å². The molecule has 0 radical (unpaired) electrons. The number of carbonyl (C=O) groups excluding carboxylic acids is 2. The molecule has 1 aliphatic carbocycles. The van der Waals surface area contributed by atoms with Gasteiger partial charge in [-0.15, -0.1) is 0 Å². The number of hydrogen-bond acceptors (Lipinski definition) is 4. The van der Waals surface area contributed by atoms with Gasteiger partial charge in [-0.1, -0.05) is 54.1 Å². The molecule has 4 rings (SSSR count). The Hall–Kier alpha value is -4.27. The van der Waals surface area contributed by atoms with Crippen LogP contribution in [0.4, 0.5) is 10.5 Å². The second kappa shape index (κ2) is 14.8.